The van der Waals surface area contributed by atoms with Gasteiger partial charge in [0.1, 0.15) is 6.04 Å². The summed E-state index contributed by atoms with van der Waals surface area (Å²) >= 11 is 0. The molecule has 0 aromatic heterocycles. The Morgan fingerprint density at radius 1 is 1.58 bits per heavy atom. The van der Waals surface area contributed by atoms with E-state index in [1.165, 1.54) is 6.07 Å². The average molecular weight is 264 g/mol. The molecule has 1 unspecified atom stereocenters. The van der Waals surface area contributed by atoms with Crippen molar-refractivity contribution in [3.05, 3.63) is 39.4 Å². The monoisotopic (exact) mass is 264 g/mol. The number of carbonyl (C=O) groups is 1. The van der Waals surface area contributed by atoms with Gasteiger partial charge in [-0.3, -0.25) is 19.8 Å². The van der Waals surface area contributed by atoms with Crippen molar-refractivity contribution < 1.29 is 14.8 Å². The van der Waals surface area contributed by atoms with Gasteiger partial charge in [0.15, 0.2) is 0 Å². The minimum Gasteiger partial charge on any atom is -0.480 e. The highest BCUT2D eigenvalue weighted by molar-refractivity contribution is 5.73. The van der Waals surface area contributed by atoms with Gasteiger partial charge in [0.2, 0.25) is 0 Å². The summed E-state index contributed by atoms with van der Waals surface area (Å²) in [6.45, 7) is 2.88. The van der Waals surface area contributed by atoms with Crippen LogP contribution in [0.2, 0.25) is 0 Å². The van der Waals surface area contributed by atoms with Crippen LogP contribution in [0.1, 0.15) is 24.0 Å². The van der Waals surface area contributed by atoms with Crippen LogP contribution in [0, 0.1) is 17.0 Å². The molecule has 1 heterocycles. The van der Waals surface area contributed by atoms with Crippen molar-refractivity contribution in [1.82, 2.24) is 4.90 Å². The number of hydrogen-bond acceptors (Lipinski definition) is 4. The van der Waals surface area contributed by atoms with Gasteiger partial charge in [-0.25, -0.2) is 0 Å². The van der Waals surface area contributed by atoms with E-state index >= 15 is 0 Å². The molecule has 0 spiro atoms. The lowest BCUT2D eigenvalue weighted by Crippen LogP contribution is -2.35. The predicted octanol–water partition coefficient (Wildman–Crippen LogP) is 1.95. The van der Waals surface area contributed by atoms with Crippen LogP contribution in [-0.2, 0) is 11.3 Å². The fourth-order valence-electron chi connectivity index (χ4n) is 2.55. The minimum atomic E-state index is -0.819. The molecule has 6 nitrogen and oxygen atoms in total. The Morgan fingerprint density at radius 3 is 2.95 bits per heavy atom. The van der Waals surface area contributed by atoms with E-state index in [2.05, 4.69) is 0 Å². The van der Waals surface area contributed by atoms with E-state index in [0.717, 1.165) is 18.5 Å². The maximum Gasteiger partial charge on any atom is 0.320 e. The van der Waals surface area contributed by atoms with Gasteiger partial charge in [0.05, 0.1) is 4.92 Å². The van der Waals surface area contributed by atoms with Crippen molar-refractivity contribution in [3.63, 3.8) is 0 Å². The molecule has 6 heteroatoms. The Kier molecular flexibility index (Phi) is 3.80. The van der Waals surface area contributed by atoms with Crippen LogP contribution in [0.15, 0.2) is 18.2 Å². The zero-order chi connectivity index (χ0) is 14.0. The average Bonchev–Trinajstić information content (AvgIpc) is 2.79. The van der Waals surface area contributed by atoms with Crippen molar-refractivity contribution in [2.75, 3.05) is 6.54 Å². The molecule has 1 N–H and O–H groups in total. The largest absolute Gasteiger partial charge is 0.480 e. The first-order valence-corrected chi connectivity index (χ1v) is 6.20. The van der Waals surface area contributed by atoms with Crippen LogP contribution in [0.3, 0.4) is 0 Å². The number of aliphatic carboxylic acids is 1. The molecule has 1 saturated heterocycles. The summed E-state index contributed by atoms with van der Waals surface area (Å²) in [4.78, 5) is 23.5. The normalized spacial score (nSPS) is 19.5. The number of carboxylic acid groups (broad SMARTS) is 1. The maximum absolute atomic E-state index is 11.1. The Morgan fingerprint density at radius 2 is 2.32 bits per heavy atom. The van der Waals surface area contributed by atoms with Crippen molar-refractivity contribution in [1.29, 1.82) is 0 Å². The topological polar surface area (TPSA) is 83.7 Å². The molecular weight excluding hydrogens is 248 g/mol. The third-order valence-electron chi connectivity index (χ3n) is 3.64. The number of benzene rings is 1. The standard InChI is InChI=1S/C13H16N2O4/c1-9-10(4-2-5-11(9)15(18)19)8-14-7-3-6-12(14)13(16)17/h2,4-5,12H,3,6-8H2,1H3,(H,16,17). The lowest BCUT2D eigenvalue weighted by molar-refractivity contribution is -0.385. The molecule has 19 heavy (non-hydrogen) atoms. The van der Waals surface area contributed by atoms with Crippen LogP contribution in [-0.4, -0.2) is 33.5 Å². The van der Waals surface area contributed by atoms with Crippen molar-refractivity contribution in [3.8, 4) is 0 Å². The van der Waals surface area contributed by atoms with E-state index in [1.54, 1.807) is 13.0 Å². The summed E-state index contributed by atoms with van der Waals surface area (Å²) < 4.78 is 0. The van der Waals surface area contributed by atoms with E-state index in [0.29, 0.717) is 18.5 Å². The molecule has 1 aliphatic rings. The number of likely N-dealkylation sites (tertiary alicyclic amines) is 1. The van der Waals surface area contributed by atoms with E-state index in [9.17, 15) is 14.9 Å². The summed E-state index contributed by atoms with van der Waals surface area (Å²) in [5, 5.41) is 20.0. The number of hydrogen-bond donors (Lipinski definition) is 1. The number of rotatable bonds is 4. The fraction of sp³-hybridized carbons (Fsp3) is 0.462. The minimum absolute atomic E-state index is 0.0866. The van der Waals surface area contributed by atoms with Gasteiger partial charge in [-0.1, -0.05) is 12.1 Å². The van der Waals surface area contributed by atoms with E-state index in [4.69, 9.17) is 5.11 Å². The number of carboxylic acids is 1. The highest BCUT2D eigenvalue weighted by Crippen LogP contribution is 2.25. The second-order valence-corrected chi connectivity index (χ2v) is 4.79. The molecule has 1 aromatic rings. The van der Waals surface area contributed by atoms with Gasteiger partial charge in [0.25, 0.3) is 5.69 Å². The highest BCUT2D eigenvalue weighted by Gasteiger charge is 2.30. The van der Waals surface area contributed by atoms with Crippen molar-refractivity contribution in [2.24, 2.45) is 0 Å². The van der Waals surface area contributed by atoms with Crippen molar-refractivity contribution in [2.45, 2.75) is 32.4 Å². The molecule has 1 aliphatic heterocycles. The first-order chi connectivity index (χ1) is 9.00. The predicted molar refractivity (Wildman–Crippen MR) is 68.9 cm³/mol. The molecule has 0 aliphatic carbocycles. The molecule has 0 amide bonds. The molecule has 0 saturated carbocycles. The first-order valence-electron chi connectivity index (χ1n) is 6.20. The number of nitro benzene ring substituents is 1. The highest BCUT2D eigenvalue weighted by atomic mass is 16.6. The van der Waals surface area contributed by atoms with E-state index < -0.39 is 16.9 Å². The molecular formula is C13H16N2O4. The summed E-state index contributed by atoms with van der Waals surface area (Å²) in [5.41, 5.74) is 1.52. The third kappa shape index (κ3) is 2.73. The van der Waals surface area contributed by atoms with Gasteiger partial charge in [0, 0.05) is 18.2 Å². The smallest absolute Gasteiger partial charge is 0.320 e. The third-order valence-corrected chi connectivity index (χ3v) is 3.64. The summed E-state index contributed by atoms with van der Waals surface area (Å²) in [5.74, 6) is -0.819. The van der Waals surface area contributed by atoms with Crippen LogP contribution >= 0.6 is 0 Å². The van der Waals surface area contributed by atoms with Gasteiger partial charge in [-0.2, -0.15) is 0 Å². The second kappa shape index (κ2) is 5.36. The lowest BCUT2D eigenvalue weighted by atomic mass is 10.1. The summed E-state index contributed by atoms with van der Waals surface area (Å²) in [6, 6.07) is 4.46. The molecule has 0 radical (unpaired) electrons. The number of nitrogens with zero attached hydrogens (tertiary/aromatic N) is 2. The maximum atomic E-state index is 11.1. The lowest BCUT2D eigenvalue weighted by Gasteiger charge is -2.21. The first kappa shape index (κ1) is 13.5. The van der Waals surface area contributed by atoms with E-state index in [-0.39, 0.29) is 5.69 Å². The van der Waals surface area contributed by atoms with E-state index in [1.807, 2.05) is 11.0 Å². The second-order valence-electron chi connectivity index (χ2n) is 4.79. The molecule has 2 rings (SSSR count). The van der Waals surface area contributed by atoms with Gasteiger partial charge in [-0.05, 0) is 31.9 Å². The van der Waals surface area contributed by atoms with Crippen molar-refractivity contribution >= 4 is 11.7 Å². The molecule has 102 valence electrons. The van der Waals surface area contributed by atoms with Crippen LogP contribution in [0.5, 0.6) is 0 Å². The molecule has 0 bridgehead atoms. The molecule has 1 atom stereocenters. The summed E-state index contributed by atoms with van der Waals surface area (Å²) in [6.07, 6.45) is 1.49. The van der Waals surface area contributed by atoms with Gasteiger partial charge in [-0.15, -0.1) is 0 Å². The zero-order valence-corrected chi connectivity index (χ0v) is 10.7. The van der Waals surface area contributed by atoms with Gasteiger partial charge < -0.3 is 5.11 Å². The summed E-state index contributed by atoms with van der Waals surface area (Å²) in [7, 11) is 0. The quantitative estimate of drug-likeness (QED) is 0.663. The Balaban J connectivity index is 2.22. The Bertz CT molecular complexity index is 515. The Hall–Kier alpha value is -1.95. The zero-order valence-electron chi connectivity index (χ0n) is 10.7. The molecule has 1 fully saturated rings. The van der Waals surface area contributed by atoms with Gasteiger partial charge >= 0.3 is 5.97 Å². The van der Waals surface area contributed by atoms with Crippen LogP contribution in [0.25, 0.3) is 0 Å². The SMILES string of the molecule is Cc1c(CN2CCCC2C(=O)O)cccc1[N+](=O)[O-]. The van der Waals surface area contributed by atoms with Crippen LogP contribution in [0.4, 0.5) is 5.69 Å². The fourth-order valence-corrected chi connectivity index (χ4v) is 2.55. The molecule has 1 aromatic carbocycles. The Labute approximate surface area is 110 Å². The number of nitro groups is 1. The van der Waals surface area contributed by atoms with Crippen LogP contribution < -0.4 is 0 Å².